The third-order valence-corrected chi connectivity index (χ3v) is 5.92. The number of aromatic nitrogens is 2. The van der Waals surface area contributed by atoms with Crippen molar-refractivity contribution in [3.8, 4) is 0 Å². The molecule has 2 aromatic rings. The zero-order valence-electron chi connectivity index (χ0n) is 14.8. The van der Waals surface area contributed by atoms with Gasteiger partial charge in [-0.1, -0.05) is 24.3 Å². The summed E-state index contributed by atoms with van der Waals surface area (Å²) in [5.74, 6) is 1.61. The third kappa shape index (κ3) is 3.15. The van der Waals surface area contributed by atoms with Crippen molar-refractivity contribution in [1.29, 1.82) is 0 Å². The van der Waals surface area contributed by atoms with E-state index in [-0.39, 0.29) is 6.03 Å². The van der Waals surface area contributed by atoms with E-state index >= 15 is 0 Å². The maximum absolute atomic E-state index is 12.0. The van der Waals surface area contributed by atoms with Crippen molar-refractivity contribution in [2.24, 2.45) is 5.92 Å². The first-order chi connectivity index (χ1) is 12.2. The van der Waals surface area contributed by atoms with Gasteiger partial charge in [0, 0.05) is 37.4 Å². The minimum absolute atomic E-state index is 0.0457. The number of amides is 2. The monoisotopic (exact) mass is 338 g/mol. The van der Waals surface area contributed by atoms with Crippen molar-refractivity contribution in [2.45, 2.75) is 44.6 Å². The molecule has 1 aromatic heterocycles. The van der Waals surface area contributed by atoms with Crippen LogP contribution in [0.2, 0.25) is 0 Å². The Morgan fingerprint density at radius 3 is 3.08 bits per heavy atom. The van der Waals surface area contributed by atoms with Crippen LogP contribution in [0.25, 0.3) is 0 Å². The molecular formula is C20H26N4O. The topological polar surface area (TPSA) is 59.0 Å². The van der Waals surface area contributed by atoms with Gasteiger partial charge in [0.25, 0.3) is 0 Å². The molecule has 0 radical (unpaired) electrons. The number of carbonyl (C=O) groups is 1. The molecule has 5 heteroatoms. The summed E-state index contributed by atoms with van der Waals surface area (Å²) in [5.41, 5.74) is 3.38. The molecule has 25 heavy (non-hydrogen) atoms. The number of carbonyl (C=O) groups excluding carboxylic acids is 1. The highest BCUT2D eigenvalue weighted by atomic mass is 16.2. The van der Waals surface area contributed by atoms with Gasteiger partial charge >= 0.3 is 6.03 Å². The lowest BCUT2D eigenvalue weighted by Crippen LogP contribution is -2.38. The summed E-state index contributed by atoms with van der Waals surface area (Å²) in [6.07, 6.45) is 8.33. The average Bonchev–Trinajstić information content (AvgIpc) is 2.97. The van der Waals surface area contributed by atoms with Gasteiger partial charge in [0.2, 0.25) is 0 Å². The summed E-state index contributed by atoms with van der Waals surface area (Å²) < 4.78 is 2.10. The second kappa shape index (κ2) is 6.54. The van der Waals surface area contributed by atoms with Crippen LogP contribution < -0.4 is 10.6 Å². The van der Waals surface area contributed by atoms with Gasteiger partial charge in [-0.05, 0) is 49.7 Å². The van der Waals surface area contributed by atoms with Crippen molar-refractivity contribution in [2.75, 3.05) is 13.1 Å². The van der Waals surface area contributed by atoms with Gasteiger partial charge in [-0.15, -0.1) is 0 Å². The van der Waals surface area contributed by atoms with Crippen LogP contribution in [0.4, 0.5) is 4.79 Å². The van der Waals surface area contributed by atoms with Gasteiger partial charge in [-0.3, -0.25) is 0 Å². The Balaban J connectivity index is 1.18. The third-order valence-electron chi connectivity index (χ3n) is 5.92. The van der Waals surface area contributed by atoms with Crippen molar-refractivity contribution in [3.63, 3.8) is 0 Å². The first-order valence-corrected chi connectivity index (χ1v) is 9.27. The molecule has 2 aliphatic rings. The number of imidazole rings is 1. The number of aryl methyl sites for hydroxylation is 3. The molecule has 0 aliphatic heterocycles. The molecule has 1 heterocycles. The zero-order valence-corrected chi connectivity index (χ0v) is 14.8. The Bertz CT molecular complexity index is 769. The number of rotatable bonds is 6. The molecule has 1 aromatic carbocycles. The second-order valence-electron chi connectivity index (χ2n) is 7.37. The summed E-state index contributed by atoms with van der Waals surface area (Å²) in [6.45, 7) is 4.34. The lowest BCUT2D eigenvalue weighted by molar-refractivity contribution is 0.240. The van der Waals surface area contributed by atoms with E-state index in [0.29, 0.717) is 17.9 Å². The minimum Gasteiger partial charge on any atom is -0.338 e. The highest BCUT2D eigenvalue weighted by Gasteiger charge is 2.57. The van der Waals surface area contributed by atoms with Gasteiger partial charge < -0.3 is 15.2 Å². The Labute approximate surface area is 148 Å². The van der Waals surface area contributed by atoms with Crippen LogP contribution in [0.3, 0.4) is 0 Å². The molecule has 0 saturated heterocycles. The van der Waals surface area contributed by atoms with Crippen LogP contribution in [-0.2, 0) is 18.4 Å². The number of fused-ring (bicyclic) bond motifs is 2. The number of urea groups is 1. The Kier molecular flexibility index (Phi) is 4.24. The fraction of sp³-hybridized carbons (Fsp3) is 0.500. The number of hydrogen-bond acceptors (Lipinski definition) is 2. The summed E-state index contributed by atoms with van der Waals surface area (Å²) >= 11 is 0. The van der Waals surface area contributed by atoms with E-state index in [2.05, 4.69) is 44.5 Å². The van der Waals surface area contributed by atoms with E-state index < -0.39 is 0 Å². The number of nitrogens with one attached hydrogen (secondary N) is 2. The molecule has 1 fully saturated rings. The Hall–Kier alpha value is -2.30. The van der Waals surface area contributed by atoms with E-state index in [1.807, 2.05) is 19.3 Å². The predicted molar refractivity (Wildman–Crippen MR) is 97.5 cm³/mol. The first kappa shape index (κ1) is 16.2. The highest BCUT2D eigenvalue weighted by Crippen LogP contribution is 2.61. The number of benzene rings is 1. The SMILES string of the molecule is Cc1nccn1CCCNC(=O)NCC1CC12CCc1ccccc12. The van der Waals surface area contributed by atoms with Gasteiger partial charge in [-0.25, -0.2) is 9.78 Å². The molecule has 4 rings (SSSR count). The molecular weight excluding hydrogens is 312 g/mol. The van der Waals surface area contributed by atoms with E-state index in [1.165, 1.54) is 30.4 Å². The second-order valence-corrected chi connectivity index (χ2v) is 7.37. The van der Waals surface area contributed by atoms with Crippen molar-refractivity contribution in [3.05, 3.63) is 53.6 Å². The highest BCUT2D eigenvalue weighted by molar-refractivity contribution is 5.73. The molecule has 2 amide bonds. The van der Waals surface area contributed by atoms with Crippen LogP contribution in [0.1, 0.15) is 36.2 Å². The predicted octanol–water partition coefficient (Wildman–Crippen LogP) is 2.78. The van der Waals surface area contributed by atoms with Gasteiger partial charge in [0.15, 0.2) is 0 Å². The van der Waals surface area contributed by atoms with Crippen molar-refractivity contribution < 1.29 is 4.79 Å². The zero-order chi connectivity index (χ0) is 17.3. The van der Waals surface area contributed by atoms with Crippen LogP contribution in [0.5, 0.6) is 0 Å². The first-order valence-electron chi connectivity index (χ1n) is 9.27. The number of nitrogens with zero attached hydrogens (tertiary/aromatic N) is 2. The van der Waals surface area contributed by atoms with Crippen LogP contribution >= 0.6 is 0 Å². The van der Waals surface area contributed by atoms with E-state index in [9.17, 15) is 4.79 Å². The molecule has 2 atom stereocenters. The lowest BCUT2D eigenvalue weighted by Gasteiger charge is -2.13. The van der Waals surface area contributed by atoms with Gasteiger partial charge in [-0.2, -0.15) is 0 Å². The largest absolute Gasteiger partial charge is 0.338 e. The summed E-state index contributed by atoms with van der Waals surface area (Å²) in [4.78, 5) is 16.2. The van der Waals surface area contributed by atoms with E-state index in [1.54, 1.807) is 0 Å². The molecule has 0 bridgehead atoms. The van der Waals surface area contributed by atoms with Crippen LogP contribution in [0.15, 0.2) is 36.7 Å². The number of hydrogen-bond donors (Lipinski definition) is 2. The van der Waals surface area contributed by atoms with Crippen molar-refractivity contribution in [1.82, 2.24) is 20.2 Å². The van der Waals surface area contributed by atoms with E-state index in [4.69, 9.17) is 0 Å². The van der Waals surface area contributed by atoms with Crippen LogP contribution in [-0.4, -0.2) is 28.7 Å². The molecule has 2 N–H and O–H groups in total. The fourth-order valence-corrected chi connectivity index (χ4v) is 4.37. The fourth-order valence-electron chi connectivity index (χ4n) is 4.37. The molecule has 2 unspecified atom stereocenters. The van der Waals surface area contributed by atoms with E-state index in [0.717, 1.165) is 25.3 Å². The van der Waals surface area contributed by atoms with Crippen LogP contribution in [0, 0.1) is 12.8 Å². The standard InChI is InChI=1S/C20H26N4O/c1-15-21-10-12-24(15)11-4-9-22-19(25)23-14-17-13-20(17)8-7-16-5-2-3-6-18(16)20/h2-3,5-6,10,12,17H,4,7-9,11,13-14H2,1H3,(H2,22,23,25). The maximum atomic E-state index is 12.0. The van der Waals surface area contributed by atoms with Gasteiger partial charge in [0.05, 0.1) is 0 Å². The Morgan fingerprint density at radius 1 is 1.36 bits per heavy atom. The summed E-state index contributed by atoms with van der Waals surface area (Å²) in [7, 11) is 0. The Morgan fingerprint density at radius 2 is 2.24 bits per heavy atom. The maximum Gasteiger partial charge on any atom is 0.314 e. The quantitative estimate of drug-likeness (QED) is 0.796. The minimum atomic E-state index is -0.0457. The smallest absolute Gasteiger partial charge is 0.314 e. The average molecular weight is 338 g/mol. The summed E-state index contributed by atoms with van der Waals surface area (Å²) in [6, 6.07) is 8.76. The summed E-state index contributed by atoms with van der Waals surface area (Å²) in [5, 5.41) is 6.02. The molecule has 132 valence electrons. The molecule has 5 nitrogen and oxygen atoms in total. The van der Waals surface area contributed by atoms with Crippen molar-refractivity contribution >= 4 is 6.03 Å². The molecule has 1 saturated carbocycles. The molecule has 2 aliphatic carbocycles. The molecule has 1 spiro atoms. The van der Waals surface area contributed by atoms with Gasteiger partial charge in [0.1, 0.15) is 5.82 Å². The lowest BCUT2D eigenvalue weighted by atomic mass is 9.95. The normalized spacial score (nSPS) is 23.5.